The molecule has 11 aromatic rings. The quantitative estimate of drug-likeness (QED) is 0.181. The van der Waals surface area contributed by atoms with Gasteiger partial charge in [0.15, 0.2) is 11.6 Å². The first-order valence-electron chi connectivity index (χ1n) is 19.4. The predicted molar refractivity (Wildman–Crippen MR) is 234 cm³/mol. The zero-order valence-corrected chi connectivity index (χ0v) is 31.3. The lowest BCUT2D eigenvalue weighted by atomic mass is 9.69. The molecule has 1 spiro atoms. The lowest BCUT2D eigenvalue weighted by Gasteiger charge is -2.31. The van der Waals surface area contributed by atoms with E-state index in [4.69, 9.17) is 15.0 Å². The zero-order chi connectivity index (χ0) is 37.2. The van der Waals surface area contributed by atoms with Gasteiger partial charge < -0.3 is 0 Å². The monoisotopic (exact) mass is 742 g/mol. The van der Waals surface area contributed by atoms with Crippen molar-refractivity contribution in [2.75, 3.05) is 0 Å². The molecule has 5 heteroatoms. The number of hydrogen-bond donors (Lipinski definition) is 0. The molecule has 0 amide bonds. The second kappa shape index (κ2) is 11.4. The Morgan fingerprint density at radius 2 is 0.982 bits per heavy atom. The Hall–Kier alpha value is -7.21. The van der Waals surface area contributed by atoms with Gasteiger partial charge in [0.1, 0.15) is 0 Å². The second-order valence-electron chi connectivity index (χ2n) is 15.1. The number of thiophene rings is 1. The normalized spacial score (nSPS) is 13.4. The standard InChI is InChI=1S/C52H30N4S/c1-2-14-31(15-3-1)49-53-50(32-26-27-37-36-19-8-13-25-45(36)57-46(37)30-32)55-51(54-49)56-43-24-12-7-20-39(43)47-44(56)29-28-38-35-18-6-11-23-42(35)52(48(38)47)40-21-9-4-16-33(40)34-17-5-10-22-41(34)52/h1-30H. The molecule has 3 aromatic heterocycles. The van der Waals surface area contributed by atoms with Crippen molar-refractivity contribution in [3.05, 3.63) is 204 Å². The van der Waals surface area contributed by atoms with Crippen LogP contribution in [0.1, 0.15) is 22.3 Å². The molecule has 0 unspecified atom stereocenters. The third-order valence-corrected chi connectivity index (χ3v) is 13.4. The van der Waals surface area contributed by atoms with Gasteiger partial charge in [0.25, 0.3) is 0 Å². The fourth-order valence-corrected chi connectivity index (χ4v) is 11.2. The van der Waals surface area contributed by atoms with Crippen LogP contribution in [0.15, 0.2) is 182 Å². The van der Waals surface area contributed by atoms with E-state index in [9.17, 15) is 0 Å². The van der Waals surface area contributed by atoms with Gasteiger partial charge in [-0.15, -0.1) is 11.3 Å². The topological polar surface area (TPSA) is 43.6 Å². The highest BCUT2D eigenvalue weighted by Gasteiger charge is 2.52. The Morgan fingerprint density at radius 3 is 1.72 bits per heavy atom. The number of aromatic nitrogens is 4. The highest BCUT2D eigenvalue weighted by atomic mass is 32.1. The number of benzene rings is 8. The third-order valence-electron chi connectivity index (χ3n) is 12.3. The summed E-state index contributed by atoms with van der Waals surface area (Å²) in [5, 5.41) is 4.92. The summed E-state index contributed by atoms with van der Waals surface area (Å²) < 4.78 is 4.76. The van der Waals surface area contributed by atoms with Crippen molar-refractivity contribution in [2.24, 2.45) is 0 Å². The van der Waals surface area contributed by atoms with Gasteiger partial charge in [-0.2, -0.15) is 9.97 Å². The highest BCUT2D eigenvalue weighted by Crippen LogP contribution is 2.64. The van der Waals surface area contributed by atoms with Crippen molar-refractivity contribution < 1.29 is 0 Å². The molecule has 0 N–H and O–H groups in total. The van der Waals surface area contributed by atoms with Crippen LogP contribution in [0.2, 0.25) is 0 Å². The first kappa shape index (κ1) is 31.0. The van der Waals surface area contributed by atoms with Crippen molar-refractivity contribution in [1.29, 1.82) is 0 Å². The van der Waals surface area contributed by atoms with Gasteiger partial charge in [-0.3, -0.25) is 4.57 Å². The van der Waals surface area contributed by atoms with Crippen LogP contribution in [0.4, 0.5) is 0 Å². The van der Waals surface area contributed by atoms with Gasteiger partial charge in [0, 0.05) is 42.1 Å². The number of nitrogens with zero attached hydrogens (tertiary/aromatic N) is 4. The molecule has 0 radical (unpaired) electrons. The molecule has 0 atom stereocenters. The average Bonchev–Trinajstić information content (AvgIpc) is 4.00. The smallest absolute Gasteiger partial charge is 0.238 e. The van der Waals surface area contributed by atoms with Gasteiger partial charge in [-0.05, 0) is 68.8 Å². The molecular weight excluding hydrogens is 713 g/mol. The maximum atomic E-state index is 5.37. The van der Waals surface area contributed by atoms with E-state index >= 15 is 0 Å². The van der Waals surface area contributed by atoms with E-state index in [0.29, 0.717) is 17.6 Å². The van der Waals surface area contributed by atoms with Crippen molar-refractivity contribution in [2.45, 2.75) is 5.41 Å². The van der Waals surface area contributed by atoms with Gasteiger partial charge in [0.05, 0.1) is 16.4 Å². The van der Waals surface area contributed by atoms with Crippen molar-refractivity contribution in [1.82, 2.24) is 19.5 Å². The van der Waals surface area contributed by atoms with Gasteiger partial charge in [0.2, 0.25) is 5.95 Å². The summed E-state index contributed by atoms with van der Waals surface area (Å²) in [5.74, 6) is 1.88. The van der Waals surface area contributed by atoms with E-state index < -0.39 is 5.41 Å². The summed E-state index contributed by atoms with van der Waals surface area (Å²) in [6.07, 6.45) is 0. The maximum absolute atomic E-state index is 5.37. The molecule has 2 aliphatic carbocycles. The Balaban J connectivity index is 1.13. The number of fused-ring (bicyclic) bond motifs is 17. The van der Waals surface area contributed by atoms with Crippen LogP contribution in [0.3, 0.4) is 0 Å². The van der Waals surface area contributed by atoms with Crippen LogP contribution >= 0.6 is 11.3 Å². The lowest BCUT2D eigenvalue weighted by molar-refractivity contribution is 0.801. The molecule has 2 aliphatic rings. The molecular formula is C52H30N4S. The summed E-state index contributed by atoms with van der Waals surface area (Å²) in [6.45, 7) is 0. The molecule has 57 heavy (non-hydrogen) atoms. The predicted octanol–water partition coefficient (Wildman–Crippen LogP) is 13.0. The van der Waals surface area contributed by atoms with Crippen LogP contribution in [0, 0.1) is 0 Å². The van der Waals surface area contributed by atoms with E-state index in [2.05, 4.69) is 168 Å². The van der Waals surface area contributed by atoms with E-state index in [-0.39, 0.29) is 0 Å². The fourth-order valence-electron chi connectivity index (χ4n) is 10.0. The van der Waals surface area contributed by atoms with E-state index in [1.807, 2.05) is 18.2 Å². The average molecular weight is 743 g/mol. The lowest BCUT2D eigenvalue weighted by Crippen LogP contribution is -2.26. The summed E-state index contributed by atoms with van der Waals surface area (Å²) in [5.41, 5.74) is 14.0. The Labute approximate surface area is 332 Å². The maximum Gasteiger partial charge on any atom is 0.238 e. The summed E-state index contributed by atoms with van der Waals surface area (Å²) in [4.78, 5) is 15.8. The minimum atomic E-state index is -0.493. The minimum Gasteiger partial charge on any atom is -0.278 e. The largest absolute Gasteiger partial charge is 0.278 e. The van der Waals surface area contributed by atoms with E-state index in [1.54, 1.807) is 11.3 Å². The van der Waals surface area contributed by atoms with Crippen LogP contribution in [0.25, 0.3) is 93.0 Å². The highest BCUT2D eigenvalue weighted by molar-refractivity contribution is 7.25. The van der Waals surface area contributed by atoms with Crippen molar-refractivity contribution >= 4 is 53.3 Å². The third kappa shape index (κ3) is 4.08. The Bertz CT molecular complexity index is 3420. The van der Waals surface area contributed by atoms with E-state index in [1.165, 1.54) is 75.5 Å². The van der Waals surface area contributed by atoms with Gasteiger partial charge in [-0.25, -0.2) is 4.98 Å². The molecule has 264 valence electrons. The molecule has 0 saturated heterocycles. The fraction of sp³-hybridized carbons (Fsp3) is 0.0192. The first-order valence-corrected chi connectivity index (χ1v) is 20.2. The van der Waals surface area contributed by atoms with Gasteiger partial charge in [-0.1, -0.05) is 158 Å². The van der Waals surface area contributed by atoms with Crippen LogP contribution < -0.4 is 0 Å². The summed E-state index contributed by atoms with van der Waals surface area (Å²) >= 11 is 1.81. The van der Waals surface area contributed by atoms with E-state index in [0.717, 1.165) is 22.2 Å². The Morgan fingerprint density at radius 1 is 0.404 bits per heavy atom. The van der Waals surface area contributed by atoms with Crippen LogP contribution in [0.5, 0.6) is 0 Å². The van der Waals surface area contributed by atoms with Crippen LogP contribution in [-0.2, 0) is 5.41 Å². The molecule has 4 nitrogen and oxygen atoms in total. The molecule has 0 fully saturated rings. The molecule has 0 bridgehead atoms. The van der Waals surface area contributed by atoms with Crippen molar-refractivity contribution in [3.63, 3.8) is 0 Å². The zero-order valence-electron chi connectivity index (χ0n) is 30.5. The molecule has 3 heterocycles. The minimum absolute atomic E-state index is 0.493. The molecule has 0 saturated carbocycles. The summed E-state index contributed by atoms with van der Waals surface area (Å²) in [6, 6.07) is 65.9. The molecule has 8 aromatic carbocycles. The number of para-hydroxylation sites is 1. The second-order valence-corrected chi connectivity index (χ2v) is 16.2. The number of rotatable bonds is 3. The first-order chi connectivity index (χ1) is 28.3. The molecule has 0 aliphatic heterocycles. The number of hydrogen-bond acceptors (Lipinski definition) is 4. The molecule has 13 rings (SSSR count). The SMILES string of the molecule is c1ccc(-c2nc(-c3ccc4c(c3)sc3ccccc34)nc(-n3c4ccccc4c4c5c(ccc43)-c3ccccc3C53c4ccccc4-c4ccccc43)n2)cc1. The Kier molecular flexibility index (Phi) is 6.22. The van der Waals surface area contributed by atoms with Crippen molar-refractivity contribution in [3.8, 4) is 51.0 Å². The summed E-state index contributed by atoms with van der Waals surface area (Å²) in [7, 11) is 0. The van der Waals surface area contributed by atoms with Gasteiger partial charge >= 0.3 is 0 Å². The van der Waals surface area contributed by atoms with Crippen LogP contribution in [-0.4, -0.2) is 19.5 Å².